The molecule has 0 aromatic heterocycles. The predicted octanol–water partition coefficient (Wildman–Crippen LogP) is 7.18. The van der Waals surface area contributed by atoms with Crippen LogP contribution < -0.4 is 10.6 Å². The third-order valence-corrected chi connectivity index (χ3v) is 7.22. The van der Waals surface area contributed by atoms with Gasteiger partial charge in [0.25, 0.3) is 5.91 Å². The second-order valence-electron chi connectivity index (χ2n) is 11.1. The zero-order chi connectivity index (χ0) is 29.8. The van der Waals surface area contributed by atoms with Gasteiger partial charge in [0.05, 0.1) is 0 Å². The summed E-state index contributed by atoms with van der Waals surface area (Å²) >= 11 is 1.59. The fraction of sp³-hybridized carbons (Fsp3) is 0.424. The molecule has 2 atom stereocenters. The molecular formula is C33H43N3O4S. The average Bonchev–Trinajstić information content (AvgIpc) is 2.94. The number of alkyl carbamates (subject to hydrolysis) is 1. The molecule has 0 spiro atoms. The normalized spacial score (nSPS) is 12.8. The van der Waals surface area contributed by atoms with Crippen molar-refractivity contribution in [3.63, 3.8) is 0 Å². The Bertz CT molecular complexity index is 1290. The molecule has 0 saturated carbocycles. The van der Waals surface area contributed by atoms with Crippen LogP contribution in [-0.4, -0.2) is 53.0 Å². The maximum atomic E-state index is 14.3. The first-order chi connectivity index (χ1) is 19.6. The molecule has 0 radical (unpaired) electrons. The number of carbonyl (C=O) groups is 3. The van der Waals surface area contributed by atoms with Gasteiger partial charge in [0.1, 0.15) is 17.7 Å². The molecule has 0 aliphatic rings. The molecule has 0 aliphatic carbocycles. The van der Waals surface area contributed by atoms with Gasteiger partial charge in [0.2, 0.25) is 5.91 Å². The number of hydrogen-bond acceptors (Lipinski definition) is 5. The molecule has 3 amide bonds. The van der Waals surface area contributed by atoms with E-state index in [1.54, 1.807) is 37.4 Å². The number of benzene rings is 3. The molecule has 41 heavy (non-hydrogen) atoms. The molecule has 7 nitrogen and oxygen atoms in total. The second-order valence-corrected chi connectivity index (χ2v) is 12.1. The van der Waals surface area contributed by atoms with Crippen LogP contribution in [0.3, 0.4) is 0 Å². The number of anilines is 1. The molecule has 3 aromatic carbocycles. The summed E-state index contributed by atoms with van der Waals surface area (Å²) in [5.41, 5.74) is 0.655. The van der Waals surface area contributed by atoms with Crippen molar-refractivity contribution < 1.29 is 19.1 Å². The van der Waals surface area contributed by atoms with E-state index in [0.717, 1.165) is 30.0 Å². The molecule has 220 valence electrons. The van der Waals surface area contributed by atoms with Crippen LogP contribution in [0, 0.1) is 0 Å². The smallest absolute Gasteiger partial charge is 0.408 e. The minimum Gasteiger partial charge on any atom is -0.444 e. The van der Waals surface area contributed by atoms with Gasteiger partial charge in [-0.2, -0.15) is 11.8 Å². The van der Waals surface area contributed by atoms with Crippen molar-refractivity contribution in [1.29, 1.82) is 0 Å². The summed E-state index contributed by atoms with van der Waals surface area (Å²) in [6.07, 6.45) is 4.33. The molecule has 2 unspecified atom stereocenters. The van der Waals surface area contributed by atoms with Crippen molar-refractivity contribution in [2.75, 3.05) is 23.9 Å². The SMILES string of the molecule is CCCCCN(C(=O)C(CCSC)NC(=O)OC(C)(C)C)C(C(=O)Nc1ccc2ccccc2c1)c1ccccc1. The largest absolute Gasteiger partial charge is 0.444 e. The van der Waals surface area contributed by atoms with Gasteiger partial charge in [0.15, 0.2) is 0 Å². The lowest BCUT2D eigenvalue weighted by Gasteiger charge is -2.34. The maximum absolute atomic E-state index is 14.3. The van der Waals surface area contributed by atoms with Gasteiger partial charge in [-0.05, 0) is 74.1 Å². The van der Waals surface area contributed by atoms with E-state index in [-0.39, 0.29) is 11.8 Å². The summed E-state index contributed by atoms with van der Waals surface area (Å²) in [6, 6.07) is 21.4. The van der Waals surface area contributed by atoms with Gasteiger partial charge < -0.3 is 20.3 Å². The second kappa shape index (κ2) is 15.5. The molecular weight excluding hydrogens is 534 g/mol. The van der Waals surface area contributed by atoms with Gasteiger partial charge in [-0.1, -0.05) is 80.4 Å². The van der Waals surface area contributed by atoms with E-state index in [1.807, 2.05) is 79.1 Å². The maximum Gasteiger partial charge on any atom is 0.408 e. The lowest BCUT2D eigenvalue weighted by molar-refractivity contribution is -0.141. The lowest BCUT2D eigenvalue weighted by atomic mass is 10.0. The highest BCUT2D eigenvalue weighted by Gasteiger charge is 2.36. The van der Waals surface area contributed by atoms with E-state index in [1.165, 1.54) is 0 Å². The number of fused-ring (bicyclic) bond motifs is 1. The first kappa shape index (κ1) is 32.0. The summed E-state index contributed by atoms with van der Waals surface area (Å²) in [5, 5.41) is 7.95. The Kier molecular flexibility index (Phi) is 12.1. The van der Waals surface area contributed by atoms with Gasteiger partial charge in [-0.3, -0.25) is 9.59 Å². The minimum atomic E-state index is -0.885. The lowest BCUT2D eigenvalue weighted by Crippen LogP contribution is -2.52. The van der Waals surface area contributed by atoms with Crippen molar-refractivity contribution in [3.8, 4) is 0 Å². The molecule has 0 saturated heterocycles. The van der Waals surface area contributed by atoms with E-state index in [4.69, 9.17) is 4.74 Å². The number of unbranched alkanes of at least 4 members (excludes halogenated alkanes) is 2. The molecule has 0 bridgehead atoms. The van der Waals surface area contributed by atoms with E-state index in [9.17, 15) is 14.4 Å². The zero-order valence-corrected chi connectivity index (χ0v) is 25.6. The van der Waals surface area contributed by atoms with Crippen molar-refractivity contribution in [2.45, 2.75) is 71.1 Å². The number of carbonyl (C=O) groups excluding carboxylic acids is 3. The first-order valence-electron chi connectivity index (χ1n) is 14.3. The highest BCUT2D eigenvalue weighted by Crippen LogP contribution is 2.27. The topological polar surface area (TPSA) is 87.7 Å². The third kappa shape index (κ3) is 9.81. The zero-order valence-electron chi connectivity index (χ0n) is 24.8. The molecule has 0 fully saturated rings. The number of hydrogen-bond donors (Lipinski definition) is 2. The van der Waals surface area contributed by atoms with E-state index in [0.29, 0.717) is 30.0 Å². The van der Waals surface area contributed by atoms with Crippen LogP contribution in [0.15, 0.2) is 72.8 Å². The average molecular weight is 578 g/mol. The van der Waals surface area contributed by atoms with Crippen molar-refractivity contribution in [2.24, 2.45) is 0 Å². The fourth-order valence-corrected chi connectivity index (χ4v) is 5.10. The van der Waals surface area contributed by atoms with Crippen LogP contribution in [0.5, 0.6) is 0 Å². The molecule has 0 heterocycles. The van der Waals surface area contributed by atoms with E-state index >= 15 is 0 Å². The Labute approximate surface area is 248 Å². The number of nitrogens with one attached hydrogen (secondary N) is 2. The van der Waals surface area contributed by atoms with Crippen LogP contribution >= 0.6 is 11.8 Å². The summed E-state index contributed by atoms with van der Waals surface area (Å²) in [4.78, 5) is 42.7. The Hall–Kier alpha value is -3.52. The predicted molar refractivity (Wildman–Crippen MR) is 169 cm³/mol. The molecule has 2 N–H and O–H groups in total. The van der Waals surface area contributed by atoms with Crippen LogP contribution in [0.25, 0.3) is 10.8 Å². The number of rotatable bonds is 13. The van der Waals surface area contributed by atoms with Gasteiger partial charge in [-0.15, -0.1) is 0 Å². The van der Waals surface area contributed by atoms with Crippen LogP contribution in [0.2, 0.25) is 0 Å². The van der Waals surface area contributed by atoms with Gasteiger partial charge in [-0.25, -0.2) is 4.79 Å². The van der Waals surface area contributed by atoms with Crippen LogP contribution in [0.4, 0.5) is 10.5 Å². The Morgan fingerprint density at radius 2 is 1.61 bits per heavy atom. The number of amides is 3. The summed E-state index contributed by atoms with van der Waals surface area (Å²) < 4.78 is 5.48. The molecule has 3 rings (SSSR count). The Morgan fingerprint density at radius 1 is 0.927 bits per heavy atom. The van der Waals surface area contributed by atoms with E-state index < -0.39 is 23.8 Å². The summed E-state index contributed by atoms with van der Waals surface area (Å²) in [7, 11) is 0. The third-order valence-electron chi connectivity index (χ3n) is 6.58. The molecule has 0 aliphatic heterocycles. The highest BCUT2D eigenvalue weighted by molar-refractivity contribution is 7.98. The minimum absolute atomic E-state index is 0.302. The molecule has 3 aromatic rings. The number of ether oxygens (including phenoxy) is 1. The van der Waals surface area contributed by atoms with Gasteiger partial charge in [0, 0.05) is 12.2 Å². The fourth-order valence-electron chi connectivity index (χ4n) is 4.63. The summed E-state index contributed by atoms with van der Waals surface area (Å²) in [6.45, 7) is 7.82. The van der Waals surface area contributed by atoms with Crippen LogP contribution in [-0.2, 0) is 14.3 Å². The van der Waals surface area contributed by atoms with Crippen molar-refractivity contribution >= 4 is 46.1 Å². The Morgan fingerprint density at radius 3 is 2.27 bits per heavy atom. The first-order valence-corrected chi connectivity index (χ1v) is 15.7. The summed E-state index contributed by atoms with van der Waals surface area (Å²) in [5.74, 6) is 0.0506. The molecule has 8 heteroatoms. The van der Waals surface area contributed by atoms with E-state index in [2.05, 4.69) is 17.6 Å². The monoisotopic (exact) mass is 577 g/mol. The number of nitrogens with zero attached hydrogens (tertiary/aromatic N) is 1. The standard InChI is InChI=1S/C33H43N3O4S/c1-6-7-13-21-36(31(38)28(20-22-41-5)35-32(39)40-33(2,3)4)29(25-15-9-8-10-16-25)30(37)34-27-19-18-24-14-11-12-17-26(24)23-27/h8-12,14-19,23,28-29H,6-7,13,20-22H2,1-5H3,(H,34,37)(H,35,39). The Balaban J connectivity index is 1.98. The number of thioether (sulfide) groups is 1. The highest BCUT2D eigenvalue weighted by atomic mass is 32.2. The quantitative estimate of drug-likeness (QED) is 0.210. The van der Waals surface area contributed by atoms with Crippen LogP contribution in [0.1, 0.15) is 65.0 Å². The van der Waals surface area contributed by atoms with Crippen molar-refractivity contribution in [1.82, 2.24) is 10.2 Å². The van der Waals surface area contributed by atoms with Gasteiger partial charge >= 0.3 is 6.09 Å². The van der Waals surface area contributed by atoms with Crippen molar-refractivity contribution in [3.05, 3.63) is 78.4 Å².